The minimum Gasteiger partial charge on any atom is -0.339 e. The Morgan fingerprint density at radius 1 is 1.16 bits per heavy atom. The van der Waals surface area contributed by atoms with Gasteiger partial charge in [-0.05, 0) is 19.4 Å². The third kappa shape index (κ3) is 4.28. The standard InChI is InChI=1S/C10H20N4O3S.ClH/c11-18(16,17)14-7-5-13(6-8-14)10(15)9-3-1-2-4-12-9;/h9,12H,1-8H2,(H2,11,16,17);1H/t9-;/m1./s1. The molecule has 0 spiro atoms. The van der Waals surface area contributed by atoms with E-state index in [1.807, 2.05) is 0 Å². The van der Waals surface area contributed by atoms with E-state index in [4.69, 9.17) is 5.14 Å². The summed E-state index contributed by atoms with van der Waals surface area (Å²) < 4.78 is 23.5. The molecule has 1 atom stereocenters. The third-order valence-electron chi connectivity index (χ3n) is 3.52. The fourth-order valence-electron chi connectivity index (χ4n) is 2.45. The second-order valence-corrected chi connectivity index (χ2v) is 6.32. The summed E-state index contributed by atoms with van der Waals surface area (Å²) in [6, 6.07) is -0.0974. The van der Waals surface area contributed by atoms with E-state index in [-0.39, 0.29) is 37.4 Å². The second kappa shape index (κ2) is 6.85. The van der Waals surface area contributed by atoms with Gasteiger partial charge in [0.05, 0.1) is 6.04 Å². The van der Waals surface area contributed by atoms with Gasteiger partial charge >= 0.3 is 0 Å². The van der Waals surface area contributed by atoms with Crippen molar-refractivity contribution in [3.63, 3.8) is 0 Å². The van der Waals surface area contributed by atoms with Gasteiger partial charge in [0.25, 0.3) is 10.2 Å². The molecule has 0 aromatic carbocycles. The Hall–Kier alpha value is -0.410. The maximum Gasteiger partial charge on any atom is 0.277 e. The summed E-state index contributed by atoms with van der Waals surface area (Å²) in [7, 11) is -3.62. The van der Waals surface area contributed by atoms with E-state index < -0.39 is 10.2 Å². The van der Waals surface area contributed by atoms with Crippen molar-refractivity contribution >= 4 is 28.5 Å². The number of nitrogens with two attached hydrogens (primary N) is 1. The van der Waals surface area contributed by atoms with Gasteiger partial charge in [0.2, 0.25) is 5.91 Å². The van der Waals surface area contributed by atoms with E-state index in [9.17, 15) is 13.2 Å². The molecular weight excluding hydrogens is 292 g/mol. The van der Waals surface area contributed by atoms with Gasteiger partial charge in [-0.25, -0.2) is 5.14 Å². The summed E-state index contributed by atoms with van der Waals surface area (Å²) in [6.07, 6.45) is 3.05. The lowest BCUT2D eigenvalue weighted by Gasteiger charge is -2.36. The molecule has 0 radical (unpaired) electrons. The normalized spacial score (nSPS) is 25.7. The van der Waals surface area contributed by atoms with Crippen molar-refractivity contribution < 1.29 is 13.2 Å². The summed E-state index contributed by atoms with van der Waals surface area (Å²) in [5.74, 6) is 0.0868. The van der Waals surface area contributed by atoms with Gasteiger partial charge in [0, 0.05) is 26.2 Å². The van der Waals surface area contributed by atoms with Gasteiger partial charge in [-0.1, -0.05) is 6.42 Å². The van der Waals surface area contributed by atoms with Crippen molar-refractivity contribution in [2.24, 2.45) is 5.14 Å². The molecule has 2 rings (SSSR count). The Morgan fingerprint density at radius 3 is 2.26 bits per heavy atom. The Morgan fingerprint density at radius 2 is 1.79 bits per heavy atom. The van der Waals surface area contributed by atoms with Crippen molar-refractivity contribution in [3.05, 3.63) is 0 Å². The Kier molecular flexibility index (Phi) is 6.00. The summed E-state index contributed by atoms with van der Waals surface area (Å²) >= 11 is 0. The van der Waals surface area contributed by atoms with E-state index in [2.05, 4.69) is 5.32 Å². The van der Waals surface area contributed by atoms with E-state index in [0.717, 1.165) is 25.8 Å². The topological polar surface area (TPSA) is 95.7 Å². The van der Waals surface area contributed by atoms with Gasteiger partial charge in [0.1, 0.15) is 0 Å². The van der Waals surface area contributed by atoms with Crippen molar-refractivity contribution in [2.45, 2.75) is 25.3 Å². The summed E-state index contributed by atoms with van der Waals surface area (Å²) in [5, 5.41) is 8.27. The molecule has 2 heterocycles. The minimum atomic E-state index is -3.62. The molecule has 0 aromatic rings. The molecule has 112 valence electrons. The highest BCUT2D eigenvalue weighted by Crippen LogP contribution is 2.12. The molecule has 0 bridgehead atoms. The van der Waals surface area contributed by atoms with Crippen LogP contribution in [-0.2, 0) is 15.0 Å². The summed E-state index contributed by atoms with van der Waals surface area (Å²) in [5.41, 5.74) is 0. The van der Waals surface area contributed by atoms with Crippen LogP contribution in [-0.4, -0.2) is 62.3 Å². The van der Waals surface area contributed by atoms with Crippen LogP contribution in [0.25, 0.3) is 0 Å². The number of nitrogens with zero attached hydrogens (tertiary/aromatic N) is 2. The Labute approximate surface area is 120 Å². The van der Waals surface area contributed by atoms with Crippen LogP contribution in [0.15, 0.2) is 0 Å². The zero-order valence-electron chi connectivity index (χ0n) is 10.7. The van der Waals surface area contributed by atoms with Crippen molar-refractivity contribution in [2.75, 3.05) is 32.7 Å². The molecule has 7 nitrogen and oxygen atoms in total. The van der Waals surface area contributed by atoms with E-state index >= 15 is 0 Å². The molecule has 0 aromatic heterocycles. The maximum absolute atomic E-state index is 12.2. The quantitative estimate of drug-likeness (QED) is 0.676. The number of nitrogens with one attached hydrogen (secondary N) is 1. The third-order valence-corrected chi connectivity index (χ3v) is 4.60. The molecule has 2 saturated heterocycles. The van der Waals surface area contributed by atoms with Crippen LogP contribution in [0.2, 0.25) is 0 Å². The SMILES string of the molecule is Cl.NS(=O)(=O)N1CCN(C(=O)[C@H]2CCCCN2)CC1. The van der Waals surface area contributed by atoms with Crippen LogP contribution in [0.5, 0.6) is 0 Å². The number of hydrogen-bond donors (Lipinski definition) is 2. The molecule has 1 amide bonds. The highest BCUT2D eigenvalue weighted by molar-refractivity contribution is 7.86. The summed E-state index contributed by atoms with van der Waals surface area (Å²) in [4.78, 5) is 13.9. The molecule has 19 heavy (non-hydrogen) atoms. The number of piperidine rings is 1. The lowest BCUT2D eigenvalue weighted by atomic mass is 10.0. The molecule has 2 aliphatic rings. The van der Waals surface area contributed by atoms with Crippen LogP contribution in [0.3, 0.4) is 0 Å². The van der Waals surface area contributed by atoms with Gasteiger partial charge in [-0.2, -0.15) is 12.7 Å². The molecular formula is C10H21ClN4O3S. The first-order chi connectivity index (χ1) is 8.48. The molecule has 2 fully saturated rings. The Bertz CT molecular complexity index is 403. The number of carbonyl (C=O) groups excluding carboxylic acids is 1. The fourth-order valence-corrected chi connectivity index (χ4v) is 3.12. The van der Waals surface area contributed by atoms with Gasteiger partial charge in [-0.3, -0.25) is 4.79 Å². The maximum atomic E-state index is 12.2. The van der Waals surface area contributed by atoms with Gasteiger partial charge < -0.3 is 10.2 Å². The lowest BCUT2D eigenvalue weighted by Crippen LogP contribution is -2.56. The summed E-state index contributed by atoms with van der Waals surface area (Å²) in [6.45, 7) is 2.31. The van der Waals surface area contributed by atoms with Crippen LogP contribution >= 0.6 is 12.4 Å². The molecule has 2 aliphatic heterocycles. The van der Waals surface area contributed by atoms with E-state index in [0.29, 0.717) is 13.1 Å². The Balaban J connectivity index is 0.00000180. The predicted molar refractivity (Wildman–Crippen MR) is 74.1 cm³/mol. The van der Waals surface area contributed by atoms with Crippen molar-refractivity contribution in [3.8, 4) is 0 Å². The highest BCUT2D eigenvalue weighted by atomic mass is 35.5. The van der Waals surface area contributed by atoms with Gasteiger partial charge in [-0.15, -0.1) is 12.4 Å². The smallest absolute Gasteiger partial charge is 0.277 e. The first-order valence-corrected chi connectivity index (χ1v) is 7.79. The largest absolute Gasteiger partial charge is 0.339 e. The number of carbonyl (C=O) groups is 1. The number of halogens is 1. The van der Waals surface area contributed by atoms with Crippen molar-refractivity contribution in [1.82, 2.24) is 14.5 Å². The molecule has 0 aliphatic carbocycles. The van der Waals surface area contributed by atoms with E-state index in [1.54, 1.807) is 4.90 Å². The average molecular weight is 313 g/mol. The van der Waals surface area contributed by atoms with E-state index in [1.165, 1.54) is 4.31 Å². The minimum absolute atomic E-state index is 0. The number of hydrogen-bond acceptors (Lipinski definition) is 4. The van der Waals surface area contributed by atoms with Crippen LogP contribution < -0.4 is 10.5 Å². The van der Waals surface area contributed by atoms with Gasteiger partial charge in [0.15, 0.2) is 0 Å². The molecule has 3 N–H and O–H groups in total. The number of amides is 1. The molecule has 9 heteroatoms. The zero-order chi connectivity index (χ0) is 13.2. The number of rotatable bonds is 2. The molecule has 0 saturated carbocycles. The average Bonchev–Trinajstić information content (AvgIpc) is 2.38. The first-order valence-electron chi connectivity index (χ1n) is 6.28. The predicted octanol–water partition coefficient (Wildman–Crippen LogP) is -1.10. The second-order valence-electron chi connectivity index (χ2n) is 4.77. The van der Waals surface area contributed by atoms with Crippen LogP contribution in [0, 0.1) is 0 Å². The van der Waals surface area contributed by atoms with Crippen LogP contribution in [0.4, 0.5) is 0 Å². The number of piperazine rings is 1. The zero-order valence-corrected chi connectivity index (χ0v) is 12.4. The highest BCUT2D eigenvalue weighted by Gasteiger charge is 2.30. The molecule has 0 unspecified atom stereocenters. The lowest BCUT2D eigenvalue weighted by molar-refractivity contribution is -0.135. The van der Waals surface area contributed by atoms with Crippen LogP contribution in [0.1, 0.15) is 19.3 Å². The first kappa shape index (κ1) is 16.6. The fraction of sp³-hybridized carbons (Fsp3) is 0.900. The van der Waals surface area contributed by atoms with Crippen molar-refractivity contribution in [1.29, 1.82) is 0 Å². The monoisotopic (exact) mass is 312 g/mol.